The summed E-state index contributed by atoms with van der Waals surface area (Å²) < 4.78 is 1.91. The van der Waals surface area contributed by atoms with Gasteiger partial charge in [-0.05, 0) is 5.92 Å². The molecular weight excluding hydrogens is 266 g/mol. The Morgan fingerprint density at radius 1 is 1.42 bits per heavy atom. The molecule has 0 aliphatic rings. The van der Waals surface area contributed by atoms with E-state index in [2.05, 4.69) is 24.0 Å². The minimum Gasteiger partial charge on any atom is -0.481 e. The number of hydrogen-bond acceptors (Lipinski definition) is 5. The van der Waals surface area contributed by atoms with Crippen LogP contribution in [-0.4, -0.2) is 43.3 Å². The van der Waals surface area contributed by atoms with Crippen molar-refractivity contribution in [2.24, 2.45) is 5.92 Å². The summed E-state index contributed by atoms with van der Waals surface area (Å²) in [4.78, 5) is 10.6. The first-order valence-corrected chi connectivity index (χ1v) is 7.15. The first-order valence-electron chi connectivity index (χ1n) is 6.17. The van der Waals surface area contributed by atoms with Gasteiger partial charge in [0.1, 0.15) is 5.82 Å². The third-order valence-electron chi connectivity index (χ3n) is 2.59. The Kier molecular flexibility index (Phi) is 5.37. The number of carboxylic acids is 1. The van der Waals surface area contributed by atoms with E-state index in [-0.39, 0.29) is 12.4 Å². The van der Waals surface area contributed by atoms with Crippen LogP contribution in [0.2, 0.25) is 0 Å². The average molecular weight is 287 g/mol. The molecule has 0 aromatic carbocycles. The van der Waals surface area contributed by atoms with Gasteiger partial charge in [-0.25, -0.2) is 0 Å². The number of aromatic nitrogens is 3. The largest absolute Gasteiger partial charge is 0.481 e. The van der Waals surface area contributed by atoms with Crippen molar-refractivity contribution >= 4 is 17.7 Å². The van der Waals surface area contributed by atoms with E-state index in [4.69, 9.17) is 5.11 Å². The summed E-state index contributed by atoms with van der Waals surface area (Å²) in [6.45, 7) is 8.59. The van der Waals surface area contributed by atoms with E-state index in [0.29, 0.717) is 23.4 Å². The van der Waals surface area contributed by atoms with Gasteiger partial charge in [0.2, 0.25) is 0 Å². The van der Waals surface area contributed by atoms with Crippen molar-refractivity contribution in [1.29, 1.82) is 0 Å². The lowest BCUT2D eigenvalue weighted by atomic mass is 9.93. The van der Waals surface area contributed by atoms with Crippen molar-refractivity contribution in [1.82, 2.24) is 14.8 Å². The maximum absolute atomic E-state index is 10.6. The molecule has 6 nitrogen and oxygen atoms in total. The maximum Gasteiger partial charge on any atom is 0.313 e. The fourth-order valence-electron chi connectivity index (χ4n) is 1.62. The van der Waals surface area contributed by atoms with Crippen molar-refractivity contribution in [3.05, 3.63) is 5.82 Å². The Balaban J connectivity index is 3.08. The first kappa shape index (κ1) is 16.0. The normalized spacial score (nSPS) is 12.1. The van der Waals surface area contributed by atoms with Gasteiger partial charge in [-0.15, -0.1) is 10.2 Å². The summed E-state index contributed by atoms with van der Waals surface area (Å²) in [5.41, 5.74) is -0.496. The minimum absolute atomic E-state index is 0.0349. The van der Waals surface area contributed by atoms with E-state index in [1.807, 2.05) is 18.4 Å². The van der Waals surface area contributed by atoms with E-state index in [9.17, 15) is 9.90 Å². The first-order chi connectivity index (χ1) is 8.77. The van der Waals surface area contributed by atoms with Crippen molar-refractivity contribution in [3.8, 4) is 0 Å². The van der Waals surface area contributed by atoms with Gasteiger partial charge in [0, 0.05) is 12.0 Å². The standard InChI is InChI=1S/C12H21N3O3S/c1-8(2)5-15-10(12(3,4)7-16)13-14-11(15)19-6-9(17)18/h8,16H,5-7H2,1-4H3,(H,17,18). The molecule has 0 radical (unpaired) electrons. The van der Waals surface area contributed by atoms with Crippen LogP contribution in [0.25, 0.3) is 0 Å². The molecule has 0 amide bonds. The summed E-state index contributed by atoms with van der Waals surface area (Å²) in [7, 11) is 0. The fraction of sp³-hybridized carbons (Fsp3) is 0.750. The number of thioether (sulfide) groups is 1. The van der Waals surface area contributed by atoms with Crippen molar-refractivity contribution in [2.45, 2.75) is 44.8 Å². The molecule has 0 atom stereocenters. The van der Waals surface area contributed by atoms with Gasteiger partial charge in [0.25, 0.3) is 0 Å². The quantitative estimate of drug-likeness (QED) is 0.737. The monoisotopic (exact) mass is 287 g/mol. The van der Waals surface area contributed by atoms with E-state index >= 15 is 0 Å². The molecule has 0 aliphatic heterocycles. The third kappa shape index (κ3) is 4.21. The number of rotatable bonds is 7. The predicted octanol–water partition coefficient (Wildman–Crippen LogP) is 1.38. The van der Waals surface area contributed by atoms with E-state index in [0.717, 1.165) is 11.8 Å². The highest BCUT2D eigenvalue weighted by Crippen LogP contribution is 2.26. The van der Waals surface area contributed by atoms with Gasteiger partial charge in [-0.3, -0.25) is 4.79 Å². The van der Waals surface area contributed by atoms with Crippen LogP contribution in [0, 0.1) is 5.92 Å². The fourth-order valence-corrected chi connectivity index (χ4v) is 2.29. The van der Waals surface area contributed by atoms with Crippen LogP contribution in [0.1, 0.15) is 33.5 Å². The second-order valence-electron chi connectivity index (χ2n) is 5.54. The number of aliphatic hydroxyl groups is 1. The molecule has 0 fully saturated rings. The van der Waals surface area contributed by atoms with Crippen LogP contribution >= 0.6 is 11.8 Å². The lowest BCUT2D eigenvalue weighted by Gasteiger charge is -2.23. The van der Waals surface area contributed by atoms with Gasteiger partial charge >= 0.3 is 5.97 Å². The van der Waals surface area contributed by atoms with Crippen LogP contribution in [0.3, 0.4) is 0 Å². The molecule has 0 saturated carbocycles. The van der Waals surface area contributed by atoms with Crippen LogP contribution in [-0.2, 0) is 16.8 Å². The van der Waals surface area contributed by atoms with Gasteiger partial charge in [0.15, 0.2) is 5.16 Å². The summed E-state index contributed by atoms with van der Waals surface area (Å²) in [5.74, 6) is 0.146. The van der Waals surface area contributed by atoms with Crippen LogP contribution < -0.4 is 0 Å². The highest BCUT2D eigenvalue weighted by Gasteiger charge is 2.28. The Morgan fingerprint density at radius 3 is 2.53 bits per heavy atom. The van der Waals surface area contributed by atoms with Gasteiger partial charge < -0.3 is 14.8 Å². The summed E-state index contributed by atoms with van der Waals surface area (Å²) in [6.07, 6.45) is 0. The smallest absolute Gasteiger partial charge is 0.313 e. The van der Waals surface area contributed by atoms with Crippen LogP contribution in [0.4, 0.5) is 0 Å². The van der Waals surface area contributed by atoms with Crippen molar-refractivity contribution in [3.63, 3.8) is 0 Å². The Labute approximate surface area is 117 Å². The molecule has 0 bridgehead atoms. The Hall–Kier alpha value is -1.08. The number of aliphatic hydroxyl groups excluding tert-OH is 1. The topological polar surface area (TPSA) is 88.2 Å². The van der Waals surface area contributed by atoms with Gasteiger partial charge in [0.05, 0.1) is 12.4 Å². The molecule has 108 valence electrons. The summed E-state index contributed by atoms with van der Waals surface area (Å²) >= 11 is 1.15. The van der Waals surface area contributed by atoms with Crippen LogP contribution in [0.15, 0.2) is 5.16 Å². The molecular formula is C12H21N3O3S. The zero-order valence-electron chi connectivity index (χ0n) is 11.8. The van der Waals surface area contributed by atoms with E-state index in [1.54, 1.807) is 0 Å². The predicted molar refractivity (Wildman–Crippen MR) is 73.3 cm³/mol. The van der Waals surface area contributed by atoms with Gasteiger partial charge in [-0.1, -0.05) is 39.5 Å². The molecule has 1 aromatic heterocycles. The Morgan fingerprint density at radius 2 is 2.05 bits per heavy atom. The molecule has 0 saturated heterocycles. The highest BCUT2D eigenvalue weighted by molar-refractivity contribution is 7.99. The molecule has 0 aliphatic carbocycles. The number of nitrogens with zero attached hydrogens (tertiary/aromatic N) is 3. The molecule has 1 heterocycles. The molecule has 2 N–H and O–H groups in total. The second kappa shape index (κ2) is 6.38. The zero-order valence-corrected chi connectivity index (χ0v) is 12.6. The molecule has 0 spiro atoms. The molecule has 0 unspecified atom stereocenters. The molecule has 1 aromatic rings. The second-order valence-corrected chi connectivity index (χ2v) is 6.48. The minimum atomic E-state index is -0.882. The molecule has 7 heteroatoms. The number of carbonyl (C=O) groups is 1. The third-order valence-corrected chi connectivity index (χ3v) is 3.54. The SMILES string of the molecule is CC(C)Cn1c(SCC(=O)O)nnc1C(C)(C)CO. The lowest BCUT2D eigenvalue weighted by molar-refractivity contribution is -0.133. The number of carboxylic acid groups (broad SMARTS) is 1. The zero-order chi connectivity index (χ0) is 14.6. The van der Waals surface area contributed by atoms with Crippen LogP contribution in [0.5, 0.6) is 0 Å². The molecule has 19 heavy (non-hydrogen) atoms. The maximum atomic E-state index is 10.6. The lowest BCUT2D eigenvalue weighted by Crippen LogP contribution is -2.28. The summed E-state index contributed by atoms with van der Waals surface area (Å²) in [6, 6.07) is 0. The summed E-state index contributed by atoms with van der Waals surface area (Å²) in [5, 5.41) is 27.0. The van der Waals surface area contributed by atoms with Crippen molar-refractivity contribution < 1.29 is 15.0 Å². The number of hydrogen-bond donors (Lipinski definition) is 2. The molecule has 1 rings (SSSR count). The highest BCUT2D eigenvalue weighted by atomic mass is 32.2. The van der Waals surface area contributed by atoms with Gasteiger partial charge in [-0.2, -0.15) is 0 Å². The average Bonchev–Trinajstić information content (AvgIpc) is 2.69. The number of aliphatic carboxylic acids is 1. The Bertz CT molecular complexity index is 443. The van der Waals surface area contributed by atoms with Crippen molar-refractivity contribution in [2.75, 3.05) is 12.4 Å². The van der Waals surface area contributed by atoms with E-state index in [1.165, 1.54) is 0 Å². The van der Waals surface area contributed by atoms with E-state index < -0.39 is 11.4 Å².